The van der Waals surface area contributed by atoms with E-state index in [1.165, 1.54) is 25.7 Å². The molecule has 0 saturated heterocycles. The predicted molar refractivity (Wildman–Crippen MR) is 86.6 cm³/mol. The molecule has 1 amide bonds. The molecule has 2 aliphatic carbocycles. The van der Waals surface area contributed by atoms with Crippen molar-refractivity contribution in [1.82, 2.24) is 5.32 Å². The Morgan fingerprint density at radius 3 is 2.00 bits per heavy atom. The molecule has 0 radical (unpaired) electrons. The number of hydrogen-bond acceptors (Lipinski definition) is 2. The van der Waals surface area contributed by atoms with Gasteiger partial charge < -0.3 is 11.1 Å². The summed E-state index contributed by atoms with van der Waals surface area (Å²) in [5, 5.41) is 3.30. The van der Waals surface area contributed by atoms with Crippen molar-refractivity contribution in [3.63, 3.8) is 0 Å². The van der Waals surface area contributed by atoms with E-state index < -0.39 is 5.54 Å². The second-order valence-electron chi connectivity index (χ2n) is 6.66. The Labute approximate surface area is 128 Å². The van der Waals surface area contributed by atoms with Crippen LogP contribution in [0.2, 0.25) is 0 Å². The second-order valence-corrected chi connectivity index (χ2v) is 7.10. The van der Waals surface area contributed by atoms with Crippen LogP contribution in [0.5, 0.6) is 0 Å². The van der Waals surface area contributed by atoms with Crippen molar-refractivity contribution in [1.29, 1.82) is 0 Å². The van der Waals surface area contributed by atoms with Crippen LogP contribution < -0.4 is 11.1 Å². The molecule has 0 bridgehead atoms. The molecule has 114 valence electrons. The summed E-state index contributed by atoms with van der Waals surface area (Å²) < 4.78 is 0. The molecule has 0 aliphatic heterocycles. The highest BCUT2D eigenvalue weighted by atomic mass is 32.1. The Morgan fingerprint density at radius 2 is 1.55 bits per heavy atom. The molecule has 3 N–H and O–H groups in total. The SMILES string of the molecule is CCC1(C(=O)NC2(C(N)=S)CCCCCC2)CCCC1. The largest absolute Gasteiger partial charge is 0.391 e. The lowest BCUT2D eigenvalue weighted by atomic mass is 9.80. The van der Waals surface area contributed by atoms with E-state index in [1.807, 2.05) is 0 Å². The Morgan fingerprint density at radius 1 is 1.05 bits per heavy atom. The molecule has 2 saturated carbocycles. The van der Waals surface area contributed by atoms with Crippen LogP contribution in [0.1, 0.15) is 77.6 Å². The van der Waals surface area contributed by atoms with Crippen molar-refractivity contribution in [3.8, 4) is 0 Å². The van der Waals surface area contributed by atoms with Gasteiger partial charge in [0.15, 0.2) is 0 Å². The lowest BCUT2D eigenvalue weighted by Gasteiger charge is -2.37. The van der Waals surface area contributed by atoms with E-state index in [1.54, 1.807) is 0 Å². The standard InChI is InChI=1S/C16H28N2OS/c1-2-15(9-7-8-10-15)14(19)18-16(13(17)20)11-5-3-4-6-12-16/h2-12H2,1H3,(H2,17,20)(H,18,19). The zero-order valence-electron chi connectivity index (χ0n) is 12.7. The maximum Gasteiger partial charge on any atom is 0.226 e. The summed E-state index contributed by atoms with van der Waals surface area (Å²) in [4.78, 5) is 13.3. The Bertz CT molecular complexity index is 367. The zero-order valence-corrected chi connectivity index (χ0v) is 13.5. The van der Waals surface area contributed by atoms with Crippen molar-refractivity contribution >= 4 is 23.1 Å². The third kappa shape index (κ3) is 3.00. The Hall–Kier alpha value is -0.640. The maximum absolute atomic E-state index is 12.9. The van der Waals surface area contributed by atoms with Crippen LogP contribution in [0.4, 0.5) is 0 Å². The van der Waals surface area contributed by atoms with Crippen LogP contribution in [0.3, 0.4) is 0 Å². The Balaban J connectivity index is 2.15. The van der Waals surface area contributed by atoms with Crippen LogP contribution >= 0.6 is 12.2 Å². The number of thiocarbonyl (C=S) groups is 1. The van der Waals surface area contributed by atoms with Gasteiger partial charge in [-0.05, 0) is 32.1 Å². The predicted octanol–water partition coefficient (Wildman–Crippen LogP) is 3.45. The lowest BCUT2D eigenvalue weighted by Crippen LogP contribution is -2.59. The van der Waals surface area contributed by atoms with Gasteiger partial charge in [0.25, 0.3) is 0 Å². The van der Waals surface area contributed by atoms with Crippen molar-refractivity contribution in [2.24, 2.45) is 11.1 Å². The molecule has 0 aromatic rings. The van der Waals surface area contributed by atoms with Crippen molar-refractivity contribution < 1.29 is 4.79 Å². The minimum absolute atomic E-state index is 0.163. The fourth-order valence-corrected chi connectivity index (χ4v) is 4.16. The number of nitrogens with one attached hydrogen (secondary N) is 1. The van der Waals surface area contributed by atoms with E-state index in [2.05, 4.69) is 12.2 Å². The van der Waals surface area contributed by atoms with Gasteiger partial charge in [0.2, 0.25) is 5.91 Å². The van der Waals surface area contributed by atoms with Crippen molar-refractivity contribution in [3.05, 3.63) is 0 Å². The first-order valence-electron chi connectivity index (χ1n) is 8.17. The van der Waals surface area contributed by atoms with Crippen LogP contribution in [-0.2, 0) is 4.79 Å². The molecule has 0 unspecified atom stereocenters. The number of hydrogen-bond donors (Lipinski definition) is 2. The average molecular weight is 296 g/mol. The summed E-state index contributed by atoms with van der Waals surface area (Å²) >= 11 is 5.32. The van der Waals surface area contributed by atoms with Gasteiger partial charge in [-0.15, -0.1) is 0 Å². The number of nitrogens with two attached hydrogens (primary N) is 1. The van der Waals surface area contributed by atoms with Crippen LogP contribution in [-0.4, -0.2) is 16.4 Å². The van der Waals surface area contributed by atoms with Gasteiger partial charge in [-0.3, -0.25) is 4.79 Å². The number of carbonyl (C=O) groups excluding carboxylic acids is 1. The summed E-state index contributed by atoms with van der Waals surface area (Å²) in [5.41, 5.74) is 5.43. The van der Waals surface area contributed by atoms with Crippen LogP contribution in [0.15, 0.2) is 0 Å². The van der Waals surface area contributed by atoms with Crippen molar-refractivity contribution in [2.75, 3.05) is 0 Å². The van der Waals surface area contributed by atoms with Gasteiger partial charge in [-0.25, -0.2) is 0 Å². The van der Waals surface area contributed by atoms with Crippen LogP contribution in [0.25, 0.3) is 0 Å². The zero-order chi connectivity index (χ0) is 14.6. The van der Waals surface area contributed by atoms with E-state index in [0.717, 1.165) is 44.9 Å². The van der Waals surface area contributed by atoms with E-state index >= 15 is 0 Å². The quantitative estimate of drug-likeness (QED) is 0.617. The molecule has 20 heavy (non-hydrogen) atoms. The van der Waals surface area contributed by atoms with E-state index in [9.17, 15) is 4.79 Å². The second kappa shape index (κ2) is 6.42. The lowest BCUT2D eigenvalue weighted by molar-refractivity contribution is -0.132. The summed E-state index contributed by atoms with van der Waals surface area (Å²) in [6, 6.07) is 0. The number of carbonyl (C=O) groups is 1. The van der Waals surface area contributed by atoms with E-state index in [0.29, 0.717) is 4.99 Å². The minimum atomic E-state index is -0.423. The molecule has 0 aromatic carbocycles. The molecule has 0 spiro atoms. The molecule has 2 fully saturated rings. The van der Waals surface area contributed by atoms with E-state index in [-0.39, 0.29) is 11.3 Å². The van der Waals surface area contributed by atoms with Crippen LogP contribution in [0, 0.1) is 5.41 Å². The fourth-order valence-electron chi connectivity index (χ4n) is 3.91. The van der Waals surface area contributed by atoms with Gasteiger partial charge in [0.05, 0.1) is 10.5 Å². The average Bonchev–Trinajstić information content (AvgIpc) is 2.80. The molecule has 0 heterocycles. The van der Waals surface area contributed by atoms with Gasteiger partial charge in [0, 0.05) is 5.41 Å². The topological polar surface area (TPSA) is 55.1 Å². The highest BCUT2D eigenvalue weighted by molar-refractivity contribution is 7.80. The first-order valence-corrected chi connectivity index (χ1v) is 8.58. The highest BCUT2D eigenvalue weighted by Crippen LogP contribution is 2.42. The summed E-state index contributed by atoms with van der Waals surface area (Å²) in [7, 11) is 0. The maximum atomic E-state index is 12.9. The summed E-state index contributed by atoms with van der Waals surface area (Å²) in [6.45, 7) is 2.13. The Kier molecular flexibility index (Phi) is 5.05. The molecule has 2 aliphatic rings. The van der Waals surface area contributed by atoms with Gasteiger partial charge >= 0.3 is 0 Å². The smallest absolute Gasteiger partial charge is 0.226 e. The first-order chi connectivity index (χ1) is 9.55. The minimum Gasteiger partial charge on any atom is -0.391 e. The monoisotopic (exact) mass is 296 g/mol. The number of rotatable bonds is 4. The summed E-state index contributed by atoms with van der Waals surface area (Å²) in [6.07, 6.45) is 11.8. The third-order valence-electron chi connectivity index (χ3n) is 5.50. The molecule has 4 heteroatoms. The molecule has 3 nitrogen and oxygen atoms in total. The summed E-state index contributed by atoms with van der Waals surface area (Å²) in [5.74, 6) is 0.201. The number of amides is 1. The van der Waals surface area contributed by atoms with Gasteiger partial charge in [0.1, 0.15) is 0 Å². The molecule has 2 rings (SSSR count). The van der Waals surface area contributed by atoms with Gasteiger partial charge in [-0.2, -0.15) is 0 Å². The fraction of sp³-hybridized carbons (Fsp3) is 0.875. The first kappa shape index (κ1) is 15.7. The molecule has 0 atom stereocenters. The molecular weight excluding hydrogens is 268 g/mol. The van der Waals surface area contributed by atoms with Crippen molar-refractivity contribution in [2.45, 2.75) is 83.1 Å². The van der Waals surface area contributed by atoms with Gasteiger partial charge in [-0.1, -0.05) is 57.7 Å². The highest BCUT2D eigenvalue weighted by Gasteiger charge is 2.44. The molecular formula is C16H28N2OS. The molecule has 0 aromatic heterocycles. The third-order valence-corrected chi connectivity index (χ3v) is 5.89. The van der Waals surface area contributed by atoms with E-state index in [4.69, 9.17) is 18.0 Å². The normalized spacial score (nSPS) is 24.9.